The quantitative estimate of drug-likeness (QED) is 0.819. The molecule has 1 rings (SSSR count). The van der Waals surface area contributed by atoms with Gasteiger partial charge >= 0.3 is 0 Å². The predicted octanol–water partition coefficient (Wildman–Crippen LogP) is 2.69. The molecule has 0 aliphatic heterocycles. The lowest BCUT2D eigenvalue weighted by molar-refractivity contribution is 0.244. The van der Waals surface area contributed by atoms with Gasteiger partial charge in [-0.2, -0.15) is 0 Å². The molecule has 0 spiro atoms. The van der Waals surface area contributed by atoms with Crippen molar-refractivity contribution in [2.45, 2.75) is 32.9 Å². The van der Waals surface area contributed by atoms with Crippen LogP contribution in [0.1, 0.15) is 31.4 Å². The molecule has 2 nitrogen and oxygen atoms in total. The number of rotatable bonds is 5. The van der Waals surface area contributed by atoms with Crippen LogP contribution in [0, 0.1) is 5.82 Å². The topological polar surface area (TPSA) is 29.3 Å². The minimum absolute atomic E-state index is 0.107. The van der Waals surface area contributed by atoms with Crippen molar-refractivity contribution < 1.29 is 4.39 Å². The number of thiocarbonyl (C=S) groups is 1. The zero-order valence-electron chi connectivity index (χ0n) is 10.5. The van der Waals surface area contributed by atoms with Crippen LogP contribution in [0.2, 0.25) is 0 Å². The van der Waals surface area contributed by atoms with E-state index >= 15 is 0 Å². The van der Waals surface area contributed by atoms with E-state index < -0.39 is 0 Å². The summed E-state index contributed by atoms with van der Waals surface area (Å²) >= 11 is 4.82. The molecule has 0 bridgehead atoms. The largest absolute Gasteiger partial charge is 0.389 e. The molecule has 94 valence electrons. The summed E-state index contributed by atoms with van der Waals surface area (Å²) in [6.45, 7) is 5.08. The highest BCUT2D eigenvalue weighted by atomic mass is 32.1. The van der Waals surface area contributed by atoms with E-state index in [4.69, 9.17) is 18.0 Å². The molecule has 0 amide bonds. The Hall–Kier alpha value is -1.00. The lowest BCUT2D eigenvalue weighted by atomic mass is 10.1. The van der Waals surface area contributed by atoms with Gasteiger partial charge < -0.3 is 5.73 Å². The fourth-order valence-electron chi connectivity index (χ4n) is 1.62. The first-order valence-electron chi connectivity index (χ1n) is 5.74. The van der Waals surface area contributed by atoms with Crippen molar-refractivity contribution in [3.63, 3.8) is 0 Å². The molecule has 1 unspecified atom stereocenters. The van der Waals surface area contributed by atoms with Crippen LogP contribution >= 0.6 is 12.2 Å². The van der Waals surface area contributed by atoms with Crippen LogP contribution in [-0.2, 0) is 6.54 Å². The minimum atomic E-state index is -0.354. The molecule has 0 aromatic heterocycles. The Morgan fingerprint density at radius 3 is 2.71 bits per heavy atom. The third kappa shape index (κ3) is 3.75. The third-order valence-corrected chi connectivity index (χ3v) is 3.29. The fourth-order valence-corrected chi connectivity index (χ4v) is 1.77. The summed E-state index contributed by atoms with van der Waals surface area (Å²) < 4.78 is 13.4. The highest BCUT2D eigenvalue weighted by molar-refractivity contribution is 7.80. The summed E-state index contributed by atoms with van der Waals surface area (Å²) in [5.74, 6) is -0.354. The van der Waals surface area contributed by atoms with Crippen LogP contribution in [0.15, 0.2) is 18.2 Å². The molecule has 17 heavy (non-hydrogen) atoms. The zero-order valence-corrected chi connectivity index (χ0v) is 11.4. The van der Waals surface area contributed by atoms with Gasteiger partial charge in [-0.1, -0.05) is 25.2 Å². The second-order valence-electron chi connectivity index (χ2n) is 4.35. The predicted molar refractivity (Wildman–Crippen MR) is 73.5 cm³/mol. The molecule has 0 saturated carbocycles. The van der Waals surface area contributed by atoms with E-state index in [0.717, 1.165) is 18.5 Å². The monoisotopic (exact) mass is 254 g/mol. The summed E-state index contributed by atoms with van der Waals surface area (Å²) in [6, 6.07) is 5.43. The Kier molecular flexibility index (Phi) is 5.02. The molecule has 0 heterocycles. The van der Waals surface area contributed by atoms with E-state index in [1.54, 1.807) is 12.1 Å². The molecule has 2 N–H and O–H groups in total. The second kappa shape index (κ2) is 6.07. The summed E-state index contributed by atoms with van der Waals surface area (Å²) in [4.78, 5) is 2.33. The van der Waals surface area contributed by atoms with Crippen LogP contribution in [0.3, 0.4) is 0 Å². The van der Waals surface area contributed by atoms with Crippen molar-refractivity contribution in [1.29, 1.82) is 0 Å². The fraction of sp³-hybridized carbons (Fsp3) is 0.462. The van der Waals surface area contributed by atoms with Gasteiger partial charge in [0, 0.05) is 18.2 Å². The van der Waals surface area contributed by atoms with Gasteiger partial charge in [-0.3, -0.25) is 4.90 Å². The first kappa shape index (κ1) is 14.1. The molecule has 1 aromatic rings. The normalized spacial score (nSPS) is 12.8. The van der Waals surface area contributed by atoms with Crippen LogP contribution in [-0.4, -0.2) is 23.0 Å². The maximum absolute atomic E-state index is 13.4. The Morgan fingerprint density at radius 2 is 2.18 bits per heavy atom. The zero-order chi connectivity index (χ0) is 13.0. The van der Waals surface area contributed by atoms with Crippen LogP contribution in [0.5, 0.6) is 0 Å². The van der Waals surface area contributed by atoms with Crippen LogP contribution < -0.4 is 5.73 Å². The van der Waals surface area contributed by atoms with E-state index in [1.807, 2.05) is 0 Å². The van der Waals surface area contributed by atoms with Crippen molar-refractivity contribution >= 4 is 17.2 Å². The van der Waals surface area contributed by atoms with Crippen molar-refractivity contribution in [2.75, 3.05) is 7.05 Å². The summed E-state index contributed by atoms with van der Waals surface area (Å²) in [6.07, 6.45) is 1.08. The van der Waals surface area contributed by atoms with Gasteiger partial charge in [0.2, 0.25) is 0 Å². The average Bonchev–Trinajstić information content (AvgIpc) is 2.30. The highest BCUT2D eigenvalue weighted by Gasteiger charge is 2.10. The lowest BCUT2D eigenvalue weighted by Crippen LogP contribution is -2.28. The number of halogens is 1. The van der Waals surface area contributed by atoms with Crippen LogP contribution in [0.25, 0.3) is 0 Å². The van der Waals surface area contributed by atoms with Gasteiger partial charge in [-0.15, -0.1) is 0 Å². The molecular weight excluding hydrogens is 235 g/mol. The minimum Gasteiger partial charge on any atom is -0.389 e. The maximum atomic E-state index is 13.4. The van der Waals surface area contributed by atoms with Gasteiger partial charge in [0.15, 0.2) is 0 Å². The van der Waals surface area contributed by atoms with E-state index in [1.165, 1.54) is 6.07 Å². The molecule has 0 saturated heterocycles. The number of nitrogens with two attached hydrogens (primary N) is 1. The van der Waals surface area contributed by atoms with Gasteiger partial charge in [0.1, 0.15) is 10.8 Å². The van der Waals surface area contributed by atoms with Crippen molar-refractivity contribution in [2.24, 2.45) is 5.73 Å². The summed E-state index contributed by atoms with van der Waals surface area (Å²) in [7, 11) is 2.05. The highest BCUT2D eigenvalue weighted by Crippen LogP contribution is 2.13. The SMILES string of the molecule is CCC(C)N(C)Cc1ccc(F)c(C(N)=S)c1. The summed E-state index contributed by atoms with van der Waals surface area (Å²) in [5, 5.41) is 0. The molecule has 0 radical (unpaired) electrons. The molecule has 1 aromatic carbocycles. The van der Waals surface area contributed by atoms with Crippen molar-refractivity contribution in [1.82, 2.24) is 4.90 Å². The second-order valence-corrected chi connectivity index (χ2v) is 4.79. The van der Waals surface area contributed by atoms with Crippen molar-refractivity contribution in [3.8, 4) is 0 Å². The van der Waals surface area contributed by atoms with Gasteiger partial charge in [0.05, 0.1) is 0 Å². The van der Waals surface area contributed by atoms with Gasteiger partial charge in [-0.05, 0) is 38.1 Å². The Bertz CT molecular complexity index is 406. The molecule has 4 heteroatoms. The molecule has 1 atom stereocenters. The molecule has 0 fully saturated rings. The first-order valence-corrected chi connectivity index (χ1v) is 6.15. The number of benzene rings is 1. The Balaban J connectivity index is 2.86. The van der Waals surface area contributed by atoms with E-state index in [-0.39, 0.29) is 10.8 Å². The Labute approximate surface area is 108 Å². The maximum Gasteiger partial charge on any atom is 0.133 e. The number of hydrogen-bond donors (Lipinski definition) is 1. The van der Waals surface area contributed by atoms with Crippen molar-refractivity contribution in [3.05, 3.63) is 35.1 Å². The van der Waals surface area contributed by atoms with E-state index in [0.29, 0.717) is 11.6 Å². The Morgan fingerprint density at radius 1 is 1.53 bits per heavy atom. The third-order valence-electron chi connectivity index (χ3n) is 3.07. The molecule has 0 aliphatic carbocycles. The molecular formula is C13H19FN2S. The molecule has 0 aliphatic rings. The van der Waals surface area contributed by atoms with Crippen LogP contribution in [0.4, 0.5) is 4.39 Å². The van der Waals surface area contributed by atoms with Gasteiger partial charge in [-0.25, -0.2) is 4.39 Å². The lowest BCUT2D eigenvalue weighted by Gasteiger charge is -2.23. The smallest absolute Gasteiger partial charge is 0.133 e. The van der Waals surface area contributed by atoms with E-state index in [9.17, 15) is 4.39 Å². The number of hydrogen-bond acceptors (Lipinski definition) is 2. The summed E-state index contributed by atoms with van der Waals surface area (Å²) in [5.41, 5.74) is 6.83. The standard InChI is InChI=1S/C13H19FN2S/c1-4-9(2)16(3)8-10-5-6-12(14)11(7-10)13(15)17/h5-7,9H,4,8H2,1-3H3,(H2,15,17). The van der Waals surface area contributed by atoms with Gasteiger partial charge in [0.25, 0.3) is 0 Å². The first-order chi connectivity index (χ1) is 7.95. The average molecular weight is 254 g/mol. The van der Waals surface area contributed by atoms with E-state index in [2.05, 4.69) is 25.8 Å². The number of nitrogens with zero attached hydrogens (tertiary/aromatic N) is 1.